The molecule has 1 atom stereocenters. The third kappa shape index (κ3) is 4.93. The Kier molecular flexibility index (Phi) is 6.50. The quantitative estimate of drug-likeness (QED) is 0.498. The van der Waals surface area contributed by atoms with E-state index in [-0.39, 0.29) is 17.7 Å². The normalized spacial score (nSPS) is 15.4. The number of H-pyrrole nitrogens is 1. The molecule has 2 aromatic heterocycles. The molecule has 1 aromatic carbocycles. The van der Waals surface area contributed by atoms with Gasteiger partial charge in [-0.1, -0.05) is 6.42 Å². The average molecular weight is 453 g/mol. The Labute approximate surface area is 189 Å². The van der Waals surface area contributed by atoms with Crippen molar-refractivity contribution in [1.82, 2.24) is 9.88 Å². The van der Waals surface area contributed by atoms with E-state index in [1.54, 1.807) is 24.3 Å². The Morgan fingerprint density at radius 3 is 2.67 bits per heavy atom. The second kappa shape index (κ2) is 9.50. The zero-order valence-electron chi connectivity index (χ0n) is 18.4. The minimum absolute atomic E-state index is 0.133. The number of aromatic nitrogens is 1. The lowest BCUT2D eigenvalue weighted by Gasteiger charge is -2.26. The summed E-state index contributed by atoms with van der Waals surface area (Å²) in [6.45, 7) is 2.18. The van der Waals surface area contributed by atoms with Gasteiger partial charge < -0.3 is 25.0 Å². The Morgan fingerprint density at radius 2 is 1.97 bits per heavy atom. The Bertz CT molecular complexity index is 1290. The fourth-order valence-corrected chi connectivity index (χ4v) is 4.33. The summed E-state index contributed by atoms with van der Waals surface area (Å²) < 4.78 is 11.1. The molecule has 9 nitrogen and oxygen atoms in total. The van der Waals surface area contributed by atoms with Crippen LogP contribution in [0, 0.1) is 0 Å². The number of ether oxygens (including phenoxy) is 1. The molecule has 1 amide bonds. The van der Waals surface area contributed by atoms with Crippen molar-refractivity contribution >= 4 is 16.8 Å². The molecular weight excluding hydrogens is 426 g/mol. The number of hydrogen-bond acceptors (Lipinski definition) is 7. The number of nitrogens with one attached hydrogen (secondary N) is 1. The molecular formula is C24H27N3O6. The van der Waals surface area contributed by atoms with Crippen molar-refractivity contribution in [3.63, 3.8) is 0 Å². The van der Waals surface area contributed by atoms with Crippen LogP contribution in [0.4, 0.5) is 0 Å². The highest BCUT2D eigenvalue weighted by Gasteiger charge is 2.28. The van der Waals surface area contributed by atoms with E-state index in [2.05, 4.69) is 9.88 Å². The van der Waals surface area contributed by atoms with Crippen LogP contribution in [0.3, 0.4) is 0 Å². The molecule has 3 heterocycles. The van der Waals surface area contributed by atoms with E-state index in [1.807, 2.05) is 0 Å². The van der Waals surface area contributed by atoms with Gasteiger partial charge in [0.05, 0.1) is 25.1 Å². The van der Waals surface area contributed by atoms with Gasteiger partial charge in [-0.05, 0) is 49.5 Å². The zero-order valence-corrected chi connectivity index (χ0v) is 18.4. The standard InChI is InChI=1S/C24H27N3O6/c1-32-15-6-5-14-9-18(24(31)26-19(14)10-15)17(12-21(25)29)23-22(30)20(28)11-16(33-23)13-27-7-3-2-4-8-27/h5-6,9-11,17,30H,2-4,7-8,12-13H2,1H3,(H2,25,29)(H,26,31)/t17-/m0/s1. The van der Waals surface area contributed by atoms with Crippen LogP contribution < -0.4 is 21.5 Å². The van der Waals surface area contributed by atoms with Crippen molar-refractivity contribution in [3.05, 3.63) is 68.0 Å². The van der Waals surface area contributed by atoms with Crippen LogP contribution in [0.2, 0.25) is 0 Å². The van der Waals surface area contributed by atoms with E-state index in [0.29, 0.717) is 29.0 Å². The third-order valence-corrected chi connectivity index (χ3v) is 6.01. The Morgan fingerprint density at radius 1 is 1.21 bits per heavy atom. The summed E-state index contributed by atoms with van der Waals surface area (Å²) in [6, 6.07) is 8.05. The van der Waals surface area contributed by atoms with Crippen LogP contribution >= 0.6 is 0 Å². The number of methoxy groups -OCH3 is 1. The van der Waals surface area contributed by atoms with Crippen molar-refractivity contribution in [2.24, 2.45) is 5.73 Å². The number of carbonyl (C=O) groups is 1. The summed E-state index contributed by atoms with van der Waals surface area (Å²) in [6.07, 6.45) is 2.99. The first-order valence-electron chi connectivity index (χ1n) is 10.9. The van der Waals surface area contributed by atoms with E-state index in [9.17, 15) is 19.5 Å². The van der Waals surface area contributed by atoms with Crippen molar-refractivity contribution in [2.45, 2.75) is 38.1 Å². The van der Waals surface area contributed by atoms with Gasteiger partial charge in [0, 0.05) is 24.1 Å². The van der Waals surface area contributed by atoms with Gasteiger partial charge in [0.2, 0.25) is 17.1 Å². The molecule has 1 fully saturated rings. The number of pyridine rings is 1. The number of primary amides is 1. The van der Waals surface area contributed by atoms with Gasteiger partial charge in [0.15, 0.2) is 5.76 Å². The maximum atomic E-state index is 13.0. The zero-order chi connectivity index (χ0) is 23.5. The second-order valence-electron chi connectivity index (χ2n) is 8.36. The molecule has 0 spiro atoms. The number of nitrogens with two attached hydrogens (primary N) is 1. The monoisotopic (exact) mass is 453 g/mol. The van der Waals surface area contributed by atoms with Crippen LogP contribution in [0.15, 0.2) is 44.3 Å². The molecule has 4 N–H and O–H groups in total. The molecule has 1 aliphatic rings. The fourth-order valence-electron chi connectivity index (χ4n) is 4.33. The van der Waals surface area contributed by atoms with Gasteiger partial charge in [-0.2, -0.15) is 0 Å². The molecule has 174 valence electrons. The molecule has 4 rings (SSSR count). The first-order valence-corrected chi connectivity index (χ1v) is 10.9. The van der Waals surface area contributed by atoms with Gasteiger partial charge in [0.1, 0.15) is 11.5 Å². The lowest BCUT2D eigenvalue weighted by molar-refractivity contribution is -0.118. The Balaban J connectivity index is 1.80. The van der Waals surface area contributed by atoms with Crippen LogP contribution in [0.5, 0.6) is 11.5 Å². The Hall–Kier alpha value is -3.59. The predicted molar refractivity (Wildman–Crippen MR) is 123 cm³/mol. The molecule has 3 aromatic rings. The van der Waals surface area contributed by atoms with Gasteiger partial charge in [-0.3, -0.25) is 19.3 Å². The number of rotatable bonds is 7. The van der Waals surface area contributed by atoms with Crippen molar-refractivity contribution in [2.75, 3.05) is 20.2 Å². The third-order valence-electron chi connectivity index (χ3n) is 6.01. The van der Waals surface area contributed by atoms with Crippen molar-refractivity contribution in [1.29, 1.82) is 0 Å². The van der Waals surface area contributed by atoms with Crippen LogP contribution in [-0.4, -0.2) is 41.1 Å². The molecule has 0 radical (unpaired) electrons. The first kappa shape index (κ1) is 22.6. The number of aromatic amines is 1. The van der Waals surface area contributed by atoms with Crippen LogP contribution in [-0.2, 0) is 11.3 Å². The molecule has 1 aliphatic heterocycles. The fraction of sp³-hybridized carbons (Fsp3) is 0.375. The maximum Gasteiger partial charge on any atom is 0.252 e. The van der Waals surface area contributed by atoms with Crippen molar-refractivity contribution < 1.29 is 19.1 Å². The minimum atomic E-state index is -1.02. The summed E-state index contributed by atoms with van der Waals surface area (Å²) in [5, 5.41) is 11.2. The summed E-state index contributed by atoms with van der Waals surface area (Å²) in [5.41, 5.74) is 5.07. The molecule has 0 unspecified atom stereocenters. The maximum absolute atomic E-state index is 13.0. The molecule has 0 saturated carbocycles. The number of piperidine rings is 1. The van der Waals surface area contributed by atoms with Crippen LogP contribution in [0.25, 0.3) is 10.9 Å². The summed E-state index contributed by atoms with van der Waals surface area (Å²) in [5.74, 6) is -1.53. The number of nitrogens with zero attached hydrogens (tertiary/aromatic N) is 1. The highest BCUT2D eigenvalue weighted by Crippen LogP contribution is 2.33. The molecule has 0 aliphatic carbocycles. The molecule has 33 heavy (non-hydrogen) atoms. The highest BCUT2D eigenvalue weighted by atomic mass is 16.5. The SMILES string of the molecule is COc1ccc2cc([C@H](CC(N)=O)c3oc(CN4CCCCC4)cc(=O)c3O)c(=O)[nH]c2c1. The number of likely N-dealkylation sites (tertiary alicyclic amines) is 1. The number of amides is 1. The van der Waals surface area contributed by atoms with E-state index in [1.165, 1.54) is 19.6 Å². The molecule has 0 bridgehead atoms. The average Bonchev–Trinajstić information content (AvgIpc) is 2.79. The van der Waals surface area contributed by atoms with Gasteiger partial charge in [-0.15, -0.1) is 0 Å². The molecule has 1 saturated heterocycles. The van der Waals surface area contributed by atoms with E-state index in [0.717, 1.165) is 25.9 Å². The highest BCUT2D eigenvalue weighted by molar-refractivity contribution is 5.81. The lowest BCUT2D eigenvalue weighted by Crippen LogP contribution is -2.29. The van der Waals surface area contributed by atoms with Gasteiger partial charge in [-0.25, -0.2) is 0 Å². The van der Waals surface area contributed by atoms with Crippen molar-refractivity contribution in [3.8, 4) is 11.5 Å². The topological polar surface area (TPSA) is 139 Å². The summed E-state index contributed by atoms with van der Waals surface area (Å²) >= 11 is 0. The number of aromatic hydroxyl groups is 1. The van der Waals surface area contributed by atoms with Gasteiger partial charge in [0.25, 0.3) is 5.56 Å². The minimum Gasteiger partial charge on any atom is -0.502 e. The summed E-state index contributed by atoms with van der Waals surface area (Å²) in [4.78, 5) is 42.4. The summed E-state index contributed by atoms with van der Waals surface area (Å²) in [7, 11) is 1.53. The number of hydrogen-bond donors (Lipinski definition) is 3. The number of carbonyl (C=O) groups excluding carboxylic acids is 1. The predicted octanol–water partition coefficient (Wildman–Crippen LogP) is 2.19. The molecule has 9 heteroatoms. The second-order valence-corrected chi connectivity index (χ2v) is 8.36. The lowest BCUT2D eigenvalue weighted by atomic mass is 9.92. The van der Waals surface area contributed by atoms with Crippen LogP contribution in [0.1, 0.15) is 48.7 Å². The van der Waals surface area contributed by atoms with E-state index >= 15 is 0 Å². The smallest absolute Gasteiger partial charge is 0.252 e. The number of fused-ring (bicyclic) bond motifs is 1. The first-order chi connectivity index (χ1) is 15.9. The van der Waals surface area contributed by atoms with E-state index < -0.39 is 28.6 Å². The van der Waals surface area contributed by atoms with E-state index in [4.69, 9.17) is 14.9 Å². The van der Waals surface area contributed by atoms with Gasteiger partial charge >= 0.3 is 0 Å². The largest absolute Gasteiger partial charge is 0.502 e. The number of benzene rings is 1.